The van der Waals surface area contributed by atoms with Crippen LogP contribution in [0.15, 0.2) is 18.5 Å². The lowest BCUT2D eigenvalue weighted by molar-refractivity contribution is 0.289. The van der Waals surface area contributed by atoms with Crippen molar-refractivity contribution in [2.45, 2.75) is 63.5 Å². The van der Waals surface area contributed by atoms with Crippen LogP contribution < -0.4 is 4.72 Å². The summed E-state index contributed by atoms with van der Waals surface area (Å²) in [6.45, 7) is 1.33. The second-order valence-corrected chi connectivity index (χ2v) is 8.13. The fraction of sp³-hybridized carbons (Fsp3) is 0.800. The van der Waals surface area contributed by atoms with E-state index >= 15 is 0 Å². The Balaban J connectivity index is 1.53. The minimum atomic E-state index is -3.32. The first-order valence-electron chi connectivity index (χ1n) is 8.42. The van der Waals surface area contributed by atoms with Crippen molar-refractivity contribution in [1.29, 1.82) is 0 Å². The smallest absolute Gasteiger partial charge is 0.270 e. The van der Waals surface area contributed by atoms with E-state index in [1.54, 1.807) is 10.5 Å². The molecule has 7 heteroatoms. The maximum Gasteiger partial charge on any atom is 0.279 e. The van der Waals surface area contributed by atoms with Crippen molar-refractivity contribution in [2.75, 3.05) is 13.1 Å². The molecule has 0 bridgehead atoms. The summed E-state index contributed by atoms with van der Waals surface area (Å²) in [5.74, 6) is 0. The molecule has 0 unspecified atom stereocenters. The molecule has 0 spiro atoms. The molecule has 0 aromatic carbocycles. The predicted molar refractivity (Wildman–Crippen MR) is 85.6 cm³/mol. The van der Waals surface area contributed by atoms with Crippen LogP contribution in [0.25, 0.3) is 0 Å². The zero-order valence-electron chi connectivity index (χ0n) is 13.0. The maximum absolute atomic E-state index is 12.5. The lowest BCUT2D eigenvalue weighted by Gasteiger charge is -2.31. The van der Waals surface area contributed by atoms with Gasteiger partial charge in [0.1, 0.15) is 0 Å². The highest BCUT2D eigenvalue weighted by Crippen LogP contribution is 2.28. The topological polar surface area (TPSA) is 67.2 Å². The molecule has 22 heavy (non-hydrogen) atoms. The van der Waals surface area contributed by atoms with E-state index in [9.17, 15) is 8.42 Å². The third kappa shape index (κ3) is 3.88. The van der Waals surface area contributed by atoms with E-state index in [-0.39, 0.29) is 6.04 Å². The van der Waals surface area contributed by atoms with Crippen molar-refractivity contribution in [2.24, 2.45) is 0 Å². The standard InChI is InChI=1S/C15H26N4O2S/c20-22(21,18-11-3-1-2-4-12-18)17-14-6-8-15(9-7-14)19-13-5-10-16-19/h5,10,13-15,17H,1-4,6-9,11-12H2. The van der Waals surface area contributed by atoms with Crippen LogP contribution in [0.2, 0.25) is 0 Å². The molecule has 1 saturated heterocycles. The van der Waals surface area contributed by atoms with Gasteiger partial charge in [0.25, 0.3) is 10.2 Å². The first kappa shape index (κ1) is 16.0. The third-order valence-electron chi connectivity index (χ3n) is 4.82. The first-order valence-corrected chi connectivity index (χ1v) is 9.86. The van der Waals surface area contributed by atoms with E-state index in [4.69, 9.17) is 0 Å². The Hall–Kier alpha value is -0.920. The zero-order valence-corrected chi connectivity index (χ0v) is 13.8. The molecule has 1 aliphatic heterocycles. The Morgan fingerprint density at radius 2 is 1.68 bits per heavy atom. The largest absolute Gasteiger partial charge is 0.279 e. The van der Waals surface area contributed by atoms with Crippen LogP contribution in [0.5, 0.6) is 0 Å². The van der Waals surface area contributed by atoms with E-state index in [1.165, 1.54) is 0 Å². The van der Waals surface area contributed by atoms with E-state index < -0.39 is 10.2 Å². The molecule has 0 radical (unpaired) electrons. The van der Waals surface area contributed by atoms with Crippen molar-refractivity contribution in [3.05, 3.63) is 18.5 Å². The molecule has 1 saturated carbocycles. The molecule has 2 heterocycles. The highest BCUT2D eigenvalue weighted by Gasteiger charge is 2.29. The van der Waals surface area contributed by atoms with E-state index in [1.807, 2.05) is 16.9 Å². The highest BCUT2D eigenvalue weighted by molar-refractivity contribution is 7.87. The maximum atomic E-state index is 12.5. The van der Waals surface area contributed by atoms with Gasteiger partial charge in [-0.3, -0.25) is 4.68 Å². The lowest BCUT2D eigenvalue weighted by Crippen LogP contribution is -2.46. The summed E-state index contributed by atoms with van der Waals surface area (Å²) in [7, 11) is -3.32. The van der Waals surface area contributed by atoms with Gasteiger partial charge in [-0.05, 0) is 44.6 Å². The number of rotatable bonds is 4. The third-order valence-corrected chi connectivity index (χ3v) is 6.49. The summed E-state index contributed by atoms with van der Waals surface area (Å²) in [5.41, 5.74) is 0. The average molecular weight is 326 g/mol. The Bertz CT molecular complexity index is 542. The van der Waals surface area contributed by atoms with Crippen molar-refractivity contribution in [3.8, 4) is 0 Å². The van der Waals surface area contributed by atoms with Crippen LogP contribution in [-0.4, -0.2) is 41.6 Å². The summed E-state index contributed by atoms with van der Waals surface area (Å²) in [5, 5.41) is 4.29. The van der Waals surface area contributed by atoms with Gasteiger partial charge in [0.2, 0.25) is 0 Å². The fourth-order valence-electron chi connectivity index (χ4n) is 3.52. The minimum absolute atomic E-state index is 0.0695. The van der Waals surface area contributed by atoms with E-state index in [2.05, 4.69) is 9.82 Å². The van der Waals surface area contributed by atoms with Gasteiger partial charge in [-0.2, -0.15) is 22.5 Å². The molecule has 1 aliphatic carbocycles. The quantitative estimate of drug-likeness (QED) is 0.921. The molecule has 2 fully saturated rings. The Labute approximate surface area is 133 Å². The number of nitrogens with zero attached hydrogens (tertiary/aromatic N) is 3. The van der Waals surface area contributed by atoms with Crippen molar-refractivity contribution in [3.63, 3.8) is 0 Å². The Morgan fingerprint density at radius 1 is 1.00 bits per heavy atom. The first-order chi connectivity index (χ1) is 10.6. The zero-order chi connectivity index (χ0) is 15.4. The number of nitrogens with one attached hydrogen (secondary N) is 1. The summed E-state index contributed by atoms with van der Waals surface area (Å²) < 4.78 is 31.6. The molecule has 1 N–H and O–H groups in total. The molecule has 0 amide bonds. The van der Waals surface area contributed by atoms with Gasteiger partial charge in [0.15, 0.2) is 0 Å². The summed E-state index contributed by atoms with van der Waals surface area (Å²) in [4.78, 5) is 0. The molecule has 0 atom stereocenters. The molecule has 1 aromatic heterocycles. The lowest BCUT2D eigenvalue weighted by atomic mass is 9.92. The van der Waals surface area contributed by atoms with E-state index in [0.29, 0.717) is 19.1 Å². The molecular formula is C15H26N4O2S. The van der Waals surface area contributed by atoms with Crippen molar-refractivity contribution >= 4 is 10.2 Å². The monoisotopic (exact) mass is 326 g/mol. The van der Waals surface area contributed by atoms with Crippen LogP contribution in [0.4, 0.5) is 0 Å². The Morgan fingerprint density at radius 3 is 2.27 bits per heavy atom. The second-order valence-electron chi connectivity index (χ2n) is 6.43. The minimum Gasteiger partial charge on any atom is -0.270 e. The van der Waals surface area contributed by atoms with Gasteiger partial charge in [0, 0.05) is 31.5 Å². The van der Waals surface area contributed by atoms with Crippen molar-refractivity contribution < 1.29 is 8.42 Å². The fourth-order valence-corrected chi connectivity index (χ4v) is 5.07. The van der Waals surface area contributed by atoms with Crippen LogP contribution >= 0.6 is 0 Å². The number of hydrogen-bond acceptors (Lipinski definition) is 3. The van der Waals surface area contributed by atoms with Crippen LogP contribution in [-0.2, 0) is 10.2 Å². The van der Waals surface area contributed by atoms with Gasteiger partial charge < -0.3 is 0 Å². The number of aromatic nitrogens is 2. The van der Waals surface area contributed by atoms with E-state index in [0.717, 1.165) is 51.4 Å². The molecule has 124 valence electrons. The summed E-state index contributed by atoms with van der Waals surface area (Å²) in [6, 6.07) is 2.42. The highest BCUT2D eigenvalue weighted by atomic mass is 32.2. The molecule has 3 rings (SSSR count). The molecule has 6 nitrogen and oxygen atoms in total. The van der Waals surface area contributed by atoms with Crippen molar-refractivity contribution in [1.82, 2.24) is 18.8 Å². The SMILES string of the molecule is O=S(=O)(NC1CCC(n2cccn2)CC1)N1CCCCCC1. The molecular weight excluding hydrogens is 300 g/mol. The molecule has 2 aliphatic rings. The summed E-state index contributed by atoms with van der Waals surface area (Å²) >= 11 is 0. The molecule has 1 aromatic rings. The normalized spacial score (nSPS) is 28.4. The van der Waals surface area contributed by atoms with Crippen LogP contribution in [0.3, 0.4) is 0 Å². The average Bonchev–Trinajstić information content (AvgIpc) is 2.89. The number of hydrogen-bond donors (Lipinski definition) is 1. The van der Waals surface area contributed by atoms with Gasteiger partial charge in [-0.1, -0.05) is 12.8 Å². The van der Waals surface area contributed by atoms with Gasteiger partial charge in [-0.25, -0.2) is 0 Å². The predicted octanol–water partition coefficient (Wildman–Crippen LogP) is 2.08. The van der Waals surface area contributed by atoms with Gasteiger partial charge in [0.05, 0.1) is 6.04 Å². The van der Waals surface area contributed by atoms with Gasteiger partial charge in [-0.15, -0.1) is 0 Å². The Kier molecular flexibility index (Phi) is 5.15. The van der Waals surface area contributed by atoms with Crippen LogP contribution in [0, 0.1) is 0 Å². The van der Waals surface area contributed by atoms with Crippen LogP contribution in [0.1, 0.15) is 57.4 Å². The summed E-state index contributed by atoms with van der Waals surface area (Å²) in [6.07, 6.45) is 11.8. The second kappa shape index (κ2) is 7.10. The van der Waals surface area contributed by atoms with Gasteiger partial charge >= 0.3 is 0 Å².